The lowest BCUT2D eigenvalue weighted by atomic mass is 9.95. The maximum absolute atomic E-state index is 4.80. The van der Waals surface area contributed by atoms with Gasteiger partial charge in [0.2, 0.25) is 0 Å². The second-order valence-corrected chi connectivity index (χ2v) is 6.65. The largest absolute Gasteiger partial charge is 0.385 e. The van der Waals surface area contributed by atoms with Crippen LogP contribution in [0.15, 0.2) is 84.6 Å². The number of aryl methyl sites for hydroxylation is 1. The first-order chi connectivity index (χ1) is 13.0. The molecule has 0 spiro atoms. The van der Waals surface area contributed by atoms with E-state index in [1.54, 1.807) is 0 Å². The normalized spacial score (nSPS) is 12.0. The fraction of sp³-hybridized carbons (Fsp3) is 0.240. The molecular formula is C25H30N2. The zero-order valence-electron chi connectivity index (χ0n) is 17.0. The lowest BCUT2D eigenvalue weighted by Gasteiger charge is -2.14. The Morgan fingerprint density at radius 3 is 2.41 bits per heavy atom. The molecule has 2 aromatic rings. The topological polar surface area (TPSA) is 24.9 Å². The monoisotopic (exact) mass is 358 g/mol. The van der Waals surface area contributed by atoms with E-state index in [9.17, 15) is 0 Å². The van der Waals surface area contributed by atoms with Gasteiger partial charge < -0.3 is 5.32 Å². The van der Waals surface area contributed by atoms with Crippen molar-refractivity contribution >= 4 is 5.57 Å². The zero-order valence-corrected chi connectivity index (χ0v) is 17.0. The summed E-state index contributed by atoms with van der Waals surface area (Å²) in [5.41, 5.74) is 8.29. The van der Waals surface area contributed by atoms with Gasteiger partial charge in [-0.25, -0.2) is 0 Å². The van der Waals surface area contributed by atoms with Crippen LogP contribution in [0.25, 0.3) is 16.8 Å². The number of benzene rings is 1. The highest BCUT2D eigenvalue weighted by Gasteiger charge is 2.10. The number of aromatic nitrogens is 1. The number of hydrogen-bond donors (Lipinski definition) is 1. The van der Waals surface area contributed by atoms with Crippen molar-refractivity contribution < 1.29 is 0 Å². The van der Waals surface area contributed by atoms with Gasteiger partial charge in [-0.1, -0.05) is 62.6 Å². The number of rotatable bonds is 8. The molecule has 0 aliphatic heterocycles. The summed E-state index contributed by atoms with van der Waals surface area (Å²) in [4.78, 5) is 4.80. The third kappa shape index (κ3) is 5.30. The summed E-state index contributed by atoms with van der Waals surface area (Å²) in [6, 6.07) is 14.4. The van der Waals surface area contributed by atoms with Crippen LogP contribution in [-0.2, 0) is 0 Å². The molecular weight excluding hydrogens is 328 g/mol. The molecule has 0 saturated carbocycles. The van der Waals surface area contributed by atoms with E-state index in [0.717, 1.165) is 57.9 Å². The number of nitrogens with zero attached hydrogens (tertiary/aromatic N) is 1. The first kappa shape index (κ1) is 20.4. The van der Waals surface area contributed by atoms with Gasteiger partial charge in [-0.3, -0.25) is 4.98 Å². The van der Waals surface area contributed by atoms with Gasteiger partial charge in [-0.15, -0.1) is 0 Å². The van der Waals surface area contributed by atoms with E-state index in [4.69, 9.17) is 4.98 Å². The molecule has 0 radical (unpaired) electrons. The molecule has 1 heterocycles. The Labute approximate surface area is 164 Å². The maximum Gasteiger partial charge on any atom is 0.0705 e. The highest BCUT2D eigenvalue weighted by Crippen LogP contribution is 2.28. The second kappa shape index (κ2) is 9.72. The lowest BCUT2D eigenvalue weighted by molar-refractivity contribution is 0.778. The van der Waals surface area contributed by atoms with Gasteiger partial charge in [0.15, 0.2) is 0 Å². The van der Waals surface area contributed by atoms with Gasteiger partial charge >= 0.3 is 0 Å². The fourth-order valence-electron chi connectivity index (χ4n) is 2.89. The molecule has 2 rings (SSSR count). The smallest absolute Gasteiger partial charge is 0.0705 e. The van der Waals surface area contributed by atoms with Crippen molar-refractivity contribution in [2.24, 2.45) is 0 Å². The van der Waals surface area contributed by atoms with Crippen LogP contribution in [0.4, 0.5) is 0 Å². The Morgan fingerprint density at radius 2 is 1.81 bits per heavy atom. The number of pyridine rings is 1. The minimum Gasteiger partial charge on any atom is -0.385 e. The van der Waals surface area contributed by atoms with Gasteiger partial charge in [0.1, 0.15) is 0 Å². The van der Waals surface area contributed by atoms with Crippen LogP contribution in [0.2, 0.25) is 0 Å². The van der Waals surface area contributed by atoms with Crippen molar-refractivity contribution in [2.45, 2.75) is 34.1 Å². The first-order valence-electron chi connectivity index (χ1n) is 9.48. The molecule has 140 valence electrons. The predicted molar refractivity (Wildman–Crippen MR) is 118 cm³/mol. The van der Waals surface area contributed by atoms with Gasteiger partial charge in [-0.05, 0) is 56.1 Å². The van der Waals surface area contributed by atoms with Crippen molar-refractivity contribution in [2.75, 3.05) is 6.54 Å². The van der Waals surface area contributed by atoms with Gasteiger partial charge in [0.05, 0.1) is 5.69 Å². The standard InChI is InChI=1S/C25H30N2/c1-7-16-26-20(5)18(3)17-22(8-2)19(4)24-14-15-25(27-21(24)6)23-12-10-9-11-13-23/h8-15,17,26H,4-5,7,16H2,1-3,6H3/b18-17+,22-8+. The summed E-state index contributed by atoms with van der Waals surface area (Å²) in [5, 5.41) is 3.35. The Morgan fingerprint density at radius 1 is 1.11 bits per heavy atom. The molecule has 0 atom stereocenters. The molecule has 2 nitrogen and oxygen atoms in total. The maximum atomic E-state index is 4.80. The van der Waals surface area contributed by atoms with Crippen LogP contribution >= 0.6 is 0 Å². The SMILES string of the molecule is C=C(NCCC)/C(C)=C/C(=C\C)C(=C)c1ccc(-c2ccccc2)nc1C. The molecule has 0 saturated heterocycles. The van der Waals surface area contributed by atoms with Crippen LogP contribution in [0, 0.1) is 6.92 Å². The summed E-state index contributed by atoms with van der Waals surface area (Å²) in [7, 11) is 0. The average Bonchev–Trinajstić information content (AvgIpc) is 2.70. The van der Waals surface area contributed by atoms with Gasteiger partial charge in [0.25, 0.3) is 0 Å². The van der Waals surface area contributed by atoms with Crippen molar-refractivity contribution in [3.05, 3.63) is 95.9 Å². The number of allylic oxidation sites excluding steroid dienone is 5. The Bertz CT molecular complexity index is 870. The molecule has 0 bridgehead atoms. The van der Waals surface area contributed by atoms with E-state index >= 15 is 0 Å². The van der Waals surface area contributed by atoms with Crippen LogP contribution < -0.4 is 5.32 Å². The zero-order chi connectivity index (χ0) is 19.8. The molecule has 0 fully saturated rings. The summed E-state index contributed by atoms with van der Waals surface area (Å²) in [6.07, 6.45) is 5.30. The first-order valence-corrected chi connectivity index (χ1v) is 9.48. The summed E-state index contributed by atoms with van der Waals surface area (Å²) in [5.74, 6) is 0. The van der Waals surface area contributed by atoms with Gasteiger partial charge in [0, 0.05) is 29.1 Å². The fourth-order valence-corrected chi connectivity index (χ4v) is 2.89. The van der Waals surface area contributed by atoms with Crippen molar-refractivity contribution in [3.63, 3.8) is 0 Å². The minimum absolute atomic E-state index is 0.931. The van der Waals surface area contributed by atoms with Crippen LogP contribution in [0.5, 0.6) is 0 Å². The molecule has 0 amide bonds. The van der Waals surface area contributed by atoms with Crippen molar-refractivity contribution in [1.29, 1.82) is 0 Å². The van der Waals surface area contributed by atoms with E-state index in [-0.39, 0.29) is 0 Å². The molecule has 1 aromatic carbocycles. The van der Waals surface area contributed by atoms with E-state index in [1.165, 1.54) is 0 Å². The summed E-state index contributed by atoms with van der Waals surface area (Å²) in [6.45, 7) is 17.7. The summed E-state index contributed by atoms with van der Waals surface area (Å²) >= 11 is 0. The molecule has 2 heteroatoms. The molecule has 1 N–H and O–H groups in total. The van der Waals surface area contributed by atoms with Crippen molar-refractivity contribution in [3.8, 4) is 11.3 Å². The van der Waals surface area contributed by atoms with Crippen LogP contribution in [0.1, 0.15) is 38.4 Å². The lowest BCUT2D eigenvalue weighted by Crippen LogP contribution is -2.13. The Hall–Kier alpha value is -2.87. The Balaban J connectivity index is 2.26. The van der Waals surface area contributed by atoms with Crippen LogP contribution in [-0.4, -0.2) is 11.5 Å². The van der Waals surface area contributed by atoms with E-state index in [1.807, 2.05) is 32.0 Å². The number of nitrogens with one attached hydrogen (secondary N) is 1. The van der Waals surface area contributed by atoms with E-state index in [0.29, 0.717) is 0 Å². The van der Waals surface area contributed by atoms with Crippen molar-refractivity contribution in [1.82, 2.24) is 10.3 Å². The molecule has 27 heavy (non-hydrogen) atoms. The second-order valence-electron chi connectivity index (χ2n) is 6.65. The molecule has 0 aliphatic carbocycles. The third-order valence-corrected chi connectivity index (χ3v) is 4.58. The summed E-state index contributed by atoms with van der Waals surface area (Å²) < 4.78 is 0. The van der Waals surface area contributed by atoms with Crippen LogP contribution in [0.3, 0.4) is 0 Å². The third-order valence-electron chi connectivity index (χ3n) is 4.58. The minimum atomic E-state index is 0.931. The van der Waals surface area contributed by atoms with Gasteiger partial charge in [-0.2, -0.15) is 0 Å². The van der Waals surface area contributed by atoms with E-state index < -0.39 is 0 Å². The average molecular weight is 359 g/mol. The highest BCUT2D eigenvalue weighted by molar-refractivity contribution is 5.82. The Kier molecular flexibility index (Phi) is 7.36. The number of hydrogen-bond acceptors (Lipinski definition) is 2. The molecule has 0 unspecified atom stereocenters. The quantitative estimate of drug-likeness (QED) is 0.547. The molecule has 0 aliphatic rings. The predicted octanol–water partition coefficient (Wildman–Crippen LogP) is 6.48. The highest BCUT2D eigenvalue weighted by atomic mass is 14.9. The van der Waals surface area contributed by atoms with E-state index in [2.05, 4.69) is 68.7 Å². The molecule has 1 aromatic heterocycles.